The Bertz CT molecular complexity index is 997. The molecule has 2 aromatic heterocycles. The molecule has 140 valence electrons. The van der Waals surface area contributed by atoms with Crippen LogP contribution in [0, 0.1) is 0 Å². The first kappa shape index (κ1) is 18.8. The lowest BCUT2D eigenvalue weighted by molar-refractivity contribution is -0.144. The summed E-state index contributed by atoms with van der Waals surface area (Å²) >= 11 is 1.39. The second-order valence-electron chi connectivity index (χ2n) is 6.08. The van der Waals surface area contributed by atoms with Crippen molar-refractivity contribution >= 4 is 33.4 Å². The molecule has 0 radical (unpaired) electrons. The first-order valence-electron chi connectivity index (χ1n) is 8.51. The van der Waals surface area contributed by atoms with Crippen molar-refractivity contribution in [1.82, 2.24) is 14.5 Å². The van der Waals surface area contributed by atoms with Crippen LogP contribution in [0.25, 0.3) is 10.2 Å². The summed E-state index contributed by atoms with van der Waals surface area (Å²) in [6.45, 7) is 0.117. The number of benzene rings is 1. The van der Waals surface area contributed by atoms with E-state index in [9.17, 15) is 14.4 Å². The van der Waals surface area contributed by atoms with Crippen molar-refractivity contribution in [2.24, 2.45) is 0 Å². The zero-order valence-electron chi connectivity index (χ0n) is 14.6. The molecule has 0 saturated heterocycles. The largest absolute Gasteiger partial charge is 0.480 e. The van der Waals surface area contributed by atoms with Gasteiger partial charge in [0.25, 0.3) is 5.56 Å². The molecule has 0 atom stereocenters. The van der Waals surface area contributed by atoms with E-state index >= 15 is 0 Å². The summed E-state index contributed by atoms with van der Waals surface area (Å²) in [6.07, 6.45) is 2.04. The van der Waals surface area contributed by atoms with Crippen molar-refractivity contribution < 1.29 is 14.7 Å². The molecule has 0 aliphatic heterocycles. The summed E-state index contributed by atoms with van der Waals surface area (Å²) in [5.74, 6) is -1.36. The molecule has 0 fully saturated rings. The molecular weight excluding hydrogens is 366 g/mol. The molecule has 0 saturated carbocycles. The molecule has 0 aliphatic carbocycles. The first-order chi connectivity index (χ1) is 13.0. The Morgan fingerprint density at radius 3 is 2.70 bits per heavy atom. The van der Waals surface area contributed by atoms with Gasteiger partial charge in [0.2, 0.25) is 5.91 Å². The van der Waals surface area contributed by atoms with Gasteiger partial charge in [0.1, 0.15) is 11.4 Å². The van der Waals surface area contributed by atoms with E-state index in [0.29, 0.717) is 23.2 Å². The highest BCUT2D eigenvalue weighted by atomic mass is 32.1. The van der Waals surface area contributed by atoms with Crippen molar-refractivity contribution in [1.29, 1.82) is 0 Å². The van der Waals surface area contributed by atoms with Gasteiger partial charge in [-0.2, -0.15) is 0 Å². The van der Waals surface area contributed by atoms with Gasteiger partial charge in [-0.3, -0.25) is 19.0 Å². The Kier molecular flexibility index (Phi) is 5.97. The van der Waals surface area contributed by atoms with Gasteiger partial charge >= 0.3 is 5.97 Å². The lowest BCUT2D eigenvalue weighted by Gasteiger charge is -2.21. The Hall–Kier alpha value is -3.00. The van der Waals surface area contributed by atoms with Crippen LogP contribution in [0.3, 0.4) is 0 Å². The fourth-order valence-electron chi connectivity index (χ4n) is 2.79. The van der Waals surface area contributed by atoms with Crippen LogP contribution in [0.15, 0.2) is 52.9 Å². The normalized spacial score (nSPS) is 10.8. The van der Waals surface area contributed by atoms with E-state index in [1.807, 2.05) is 30.3 Å². The van der Waals surface area contributed by atoms with Crippen molar-refractivity contribution in [3.8, 4) is 0 Å². The molecule has 8 heteroatoms. The van der Waals surface area contributed by atoms with Gasteiger partial charge < -0.3 is 10.0 Å². The van der Waals surface area contributed by atoms with Crippen LogP contribution >= 0.6 is 11.3 Å². The molecule has 3 aromatic rings. The SMILES string of the molecule is O=C(O)CN(CCc1ccccc1)C(=O)CCn1cnc2sccc2c1=O. The third kappa shape index (κ3) is 4.79. The average Bonchev–Trinajstić information content (AvgIpc) is 3.14. The number of carbonyl (C=O) groups is 2. The number of thiophene rings is 1. The maximum Gasteiger partial charge on any atom is 0.323 e. The van der Waals surface area contributed by atoms with Gasteiger partial charge in [0.15, 0.2) is 0 Å². The van der Waals surface area contributed by atoms with Gasteiger partial charge in [0.05, 0.1) is 11.7 Å². The van der Waals surface area contributed by atoms with Crippen LogP contribution in [-0.4, -0.2) is 44.5 Å². The van der Waals surface area contributed by atoms with Crippen molar-refractivity contribution in [2.75, 3.05) is 13.1 Å². The molecule has 0 unspecified atom stereocenters. The summed E-state index contributed by atoms with van der Waals surface area (Å²) < 4.78 is 1.39. The topological polar surface area (TPSA) is 92.5 Å². The number of hydrogen-bond acceptors (Lipinski definition) is 5. The Labute approximate surface area is 159 Å². The molecular formula is C19H19N3O4S. The molecule has 7 nitrogen and oxygen atoms in total. The van der Waals surface area contributed by atoms with Crippen LogP contribution in [0.5, 0.6) is 0 Å². The predicted molar refractivity (Wildman–Crippen MR) is 103 cm³/mol. The van der Waals surface area contributed by atoms with Gasteiger partial charge in [-0.1, -0.05) is 30.3 Å². The Morgan fingerprint density at radius 1 is 1.19 bits per heavy atom. The number of rotatable bonds is 8. The van der Waals surface area contributed by atoms with E-state index in [4.69, 9.17) is 5.11 Å². The number of hydrogen-bond donors (Lipinski definition) is 1. The first-order valence-corrected chi connectivity index (χ1v) is 9.38. The quantitative estimate of drug-likeness (QED) is 0.640. The number of amides is 1. The van der Waals surface area contributed by atoms with Crippen LogP contribution in [0.1, 0.15) is 12.0 Å². The summed E-state index contributed by atoms with van der Waals surface area (Å²) in [4.78, 5) is 42.2. The molecule has 0 bridgehead atoms. The van der Waals surface area contributed by atoms with Crippen LogP contribution in [-0.2, 0) is 22.6 Å². The van der Waals surface area contributed by atoms with Gasteiger partial charge in [0, 0.05) is 19.5 Å². The van der Waals surface area contributed by atoms with Crippen molar-refractivity contribution in [3.63, 3.8) is 0 Å². The Morgan fingerprint density at radius 2 is 1.96 bits per heavy atom. The molecule has 1 N–H and O–H groups in total. The maximum atomic E-state index is 12.5. The molecule has 0 aliphatic rings. The molecule has 1 amide bonds. The summed E-state index contributed by atoms with van der Waals surface area (Å²) in [6, 6.07) is 11.3. The lowest BCUT2D eigenvalue weighted by Crippen LogP contribution is -2.38. The van der Waals surface area contributed by atoms with E-state index < -0.39 is 5.97 Å². The van der Waals surface area contributed by atoms with Crippen molar-refractivity contribution in [3.05, 3.63) is 64.0 Å². The molecule has 3 rings (SSSR count). The summed E-state index contributed by atoms with van der Waals surface area (Å²) in [5.41, 5.74) is 0.840. The standard InChI is InChI=1S/C19H19N3O4S/c23-16(7-10-22-13-20-18-15(19(22)26)8-11-27-18)21(12-17(24)25)9-6-14-4-2-1-3-5-14/h1-5,8,11,13H,6-7,9-10,12H2,(H,24,25). The lowest BCUT2D eigenvalue weighted by atomic mass is 10.1. The number of carboxylic acid groups (broad SMARTS) is 1. The second kappa shape index (κ2) is 8.59. The third-order valence-corrected chi connectivity index (χ3v) is 5.03. The van der Waals surface area contributed by atoms with E-state index in [-0.39, 0.29) is 31.0 Å². The number of carboxylic acids is 1. The molecule has 2 heterocycles. The fraction of sp³-hybridized carbons (Fsp3) is 0.263. The molecule has 1 aromatic carbocycles. The maximum absolute atomic E-state index is 12.5. The van der Waals surface area contributed by atoms with E-state index in [2.05, 4.69) is 4.98 Å². The highest BCUT2D eigenvalue weighted by molar-refractivity contribution is 7.16. The molecule has 0 spiro atoms. The van der Waals surface area contributed by atoms with Crippen LogP contribution in [0.2, 0.25) is 0 Å². The zero-order chi connectivity index (χ0) is 19.2. The van der Waals surface area contributed by atoms with Gasteiger partial charge in [-0.25, -0.2) is 4.98 Å². The predicted octanol–water partition coefficient (Wildman–Crippen LogP) is 2.00. The average molecular weight is 385 g/mol. The minimum Gasteiger partial charge on any atom is -0.480 e. The third-order valence-electron chi connectivity index (χ3n) is 4.21. The zero-order valence-corrected chi connectivity index (χ0v) is 15.4. The smallest absolute Gasteiger partial charge is 0.323 e. The number of carbonyl (C=O) groups excluding carboxylic acids is 1. The van der Waals surface area contributed by atoms with Crippen LogP contribution < -0.4 is 5.56 Å². The van der Waals surface area contributed by atoms with E-state index in [1.54, 1.807) is 11.4 Å². The highest BCUT2D eigenvalue weighted by Gasteiger charge is 2.17. The van der Waals surface area contributed by atoms with Crippen LogP contribution in [0.4, 0.5) is 0 Å². The number of aromatic nitrogens is 2. The highest BCUT2D eigenvalue weighted by Crippen LogP contribution is 2.13. The fourth-order valence-corrected chi connectivity index (χ4v) is 3.51. The number of fused-ring (bicyclic) bond motifs is 1. The minimum absolute atomic E-state index is 0.0410. The number of nitrogens with zero attached hydrogens (tertiary/aromatic N) is 3. The summed E-state index contributed by atoms with van der Waals surface area (Å²) in [7, 11) is 0. The Balaban J connectivity index is 1.65. The van der Waals surface area contributed by atoms with E-state index in [1.165, 1.54) is 27.1 Å². The number of aliphatic carboxylic acids is 1. The second-order valence-corrected chi connectivity index (χ2v) is 6.97. The summed E-state index contributed by atoms with van der Waals surface area (Å²) in [5, 5.41) is 11.4. The monoisotopic (exact) mass is 385 g/mol. The van der Waals surface area contributed by atoms with Gasteiger partial charge in [-0.15, -0.1) is 11.3 Å². The van der Waals surface area contributed by atoms with Crippen molar-refractivity contribution in [2.45, 2.75) is 19.4 Å². The number of aryl methyl sites for hydroxylation is 1. The van der Waals surface area contributed by atoms with Gasteiger partial charge in [-0.05, 0) is 23.4 Å². The molecule has 27 heavy (non-hydrogen) atoms. The van der Waals surface area contributed by atoms with E-state index in [0.717, 1.165) is 5.56 Å². The minimum atomic E-state index is -1.06.